The van der Waals surface area contributed by atoms with Gasteiger partial charge in [0.2, 0.25) is 5.91 Å². The van der Waals surface area contributed by atoms with E-state index in [1.54, 1.807) is 17.8 Å². The van der Waals surface area contributed by atoms with Crippen LogP contribution in [0.4, 0.5) is 0 Å². The summed E-state index contributed by atoms with van der Waals surface area (Å²) in [6.07, 6.45) is 5.46. The lowest BCUT2D eigenvalue weighted by atomic mass is 10.1. The maximum atomic E-state index is 12.4. The molecule has 182 valence electrons. The summed E-state index contributed by atoms with van der Waals surface area (Å²) in [5.41, 5.74) is 5.83. The standard InChI is InChI=1S/C30H34N2O2S/c1-21-27-20-25(33)15-18-28(27)32(30(21)24-13-16-26(35-3)17-14-24)19-9-5-8-12-29(34)31-22(2)23-10-6-4-7-11-23/h4,6-7,10-11,13-18,20,22,33H,5,8-9,12,19H2,1-3H3,(H,31,34). The SMILES string of the molecule is CSc1ccc(-c2c(C)c3cc(O)ccc3n2CCCCCC(=O)NC(C)c2ccccc2)cc1. The van der Waals surface area contributed by atoms with Crippen molar-refractivity contribution in [2.75, 3.05) is 6.26 Å². The number of hydrogen-bond donors (Lipinski definition) is 2. The third-order valence-corrected chi connectivity index (χ3v) is 7.37. The number of thioether (sulfide) groups is 1. The van der Waals surface area contributed by atoms with Gasteiger partial charge in [-0.2, -0.15) is 0 Å². The quantitative estimate of drug-likeness (QED) is 0.180. The van der Waals surface area contributed by atoms with Gasteiger partial charge in [-0.1, -0.05) is 48.9 Å². The van der Waals surface area contributed by atoms with E-state index in [1.807, 2.05) is 49.4 Å². The molecule has 3 aromatic carbocycles. The van der Waals surface area contributed by atoms with Crippen molar-refractivity contribution in [3.63, 3.8) is 0 Å². The molecular formula is C30H34N2O2S. The summed E-state index contributed by atoms with van der Waals surface area (Å²) in [5, 5.41) is 14.3. The number of unbranched alkanes of at least 4 members (excludes halogenated alkanes) is 2. The number of aromatic hydroxyl groups is 1. The molecule has 0 saturated heterocycles. The van der Waals surface area contributed by atoms with Gasteiger partial charge < -0.3 is 15.0 Å². The molecule has 0 aliphatic carbocycles. The van der Waals surface area contributed by atoms with E-state index in [9.17, 15) is 9.90 Å². The zero-order valence-corrected chi connectivity index (χ0v) is 21.6. The van der Waals surface area contributed by atoms with Gasteiger partial charge in [-0.3, -0.25) is 4.79 Å². The molecule has 5 heteroatoms. The Morgan fingerprint density at radius 1 is 1.00 bits per heavy atom. The number of phenolic OH excluding ortho intramolecular Hbond substituents is 1. The molecule has 0 radical (unpaired) electrons. The monoisotopic (exact) mass is 486 g/mol. The minimum Gasteiger partial charge on any atom is -0.508 e. The highest BCUT2D eigenvalue weighted by atomic mass is 32.2. The summed E-state index contributed by atoms with van der Waals surface area (Å²) >= 11 is 1.74. The van der Waals surface area contributed by atoms with Gasteiger partial charge in [-0.25, -0.2) is 0 Å². The number of fused-ring (bicyclic) bond motifs is 1. The number of benzene rings is 3. The Labute approximate surface area is 212 Å². The Balaban J connectivity index is 1.41. The predicted octanol–water partition coefficient (Wildman–Crippen LogP) is 7.48. The highest BCUT2D eigenvalue weighted by Gasteiger charge is 2.16. The lowest BCUT2D eigenvalue weighted by Crippen LogP contribution is -2.26. The van der Waals surface area contributed by atoms with Crippen LogP contribution in [0.3, 0.4) is 0 Å². The summed E-state index contributed by atoms with van der Waals surface area (Å²) in [6.45, 7) is 5.03. The first-order valence-electron chi connectivity index (χ1n) is 12.3. The number of aryl methyl sites for hydroxylation is 2. The fourth-order valence-corrected chi connectivity index (χ4v) is 5.14. The predicted molar refractivity (Wildman–Crippen MR) is 147 cm³/mol. The normalized spacial score (nSPS) is 12.1. The molecule has 0 saturated carbocycles. The number of nitrogens with one attached hydrogen (secondary N) is 1. The molecule has 1 aromatic heterocycles. The molecule has 0 spiro atoms. The fourth-order valence-electron chi connectivity index (χ4n) is 4.73. The van der Waals surface area contributed by atoms with Crippen LogP contribution in [-0.2, 0) is 11.3 Å². The number of rotatable bonds is 10. The zero-order chi connectivity index (χ0) is 24.8. The highest BCUT2D eigenvalue weighted by Crippen LogP contribution is 2.36. The van der Waals surface area contributed by atoms with E-state index in [1.165, 1.54) is 21.7 Å². The molecule has 1 heterocycles. The number of aromatic nitrogens is 1. The van der Waals surface area contributed by atoms with Crippen LogP contribution in [0.25, 0.3) is 22.2 Å². The van der Waals surface area contributed by atoms with E-state index in [2.05, 4.69) is 47.3 Å². The van der Waals surface area contributed by atoms with Gasteiger partial charge in [-0.05, 0) is 80.0 Å². The molecule has 4 rings (SSSR count). The van der Waals surface area contributed by atoms with Gasteiger partial charge in [0.15, 0.2) is 0 Å². The van der Waals surface area contributed by atoms with E-state index >= 15 is 0 Å². The Morgan fingerprint density at radius 3 is 2.46 bits per heavy atom. The van der Waals surface area contributed by atoms with Gasteiger partial charge in [0.25, 0.3) is 0 Å². The average Bonchev–Trinajstić information content (AvgIpc) is 3.15. The maximum absolute atomic E-state index is 12.4. The number of carbonyl (C=O) groups is 1. The highest BCUT2D eigenvalue weighted by molar-refractivity contribution is 7.98. The molecule has 0 aliphatic rings. The summed E-state index contributed by atoms with van der Waals surface area (Å²) in [6, 6.07) is 24.4. The van der Waals surface area contributed by atoms with Gasteiger partial charge >= 0.3 is 0 Å². The smallest absolute Gasteiger partial charge is 0.220 e. The Bertz CT molecular complexity index is 1280. The first-order valence-corrected chi connectivity index (χ1v) is 13.5. The molecule has 4 nitrogen and oxygen atoms in total. The van der Waals surface area contributed by atoms with Gasteiger partial charge in [0.1, 0.15) is 5.75 Å². The van der Waals surface area contributed by atoms with Crippen LogP contribution in [0.5, 0.6) is 5.75 Å². The summed E-state index contributed by atoms with van der Waals surface area (Å²) < 4.78 is 2.37. The van der Waals surface area contributed by atoms with Gasteiger partial charge in [-0.15, -0.1) is 11.8 Å². The second-order valence-electron chi connectivity index (χ2n) is 9.07. The molecule has 35 heavy (non-hydrogen) atoms. The largest absolute Gasteiger partial charge is 0.508 e. The van der Waals surface area contributed by atoms with E-state index in [0.29, 0.717) is 6.42 Å². The van der Waals surface area contributed by atoms with E-state index in [-0.39, 0.29) is 17.7 Å². The van der Waals surface area contributed by atoms with Gasteiger partial charge in [0, 0.05) is 28.8 Å². The minimum atomic E-state index is 0.0226. The lowest BCUT2D eigenvalue weighted by molar-refractivity contribution is -0.121. The van der Waals surface area contributed by atoms with Crippen LogP contribution in [0.15, 0.2) is 77.7 Å². The summed E-state index contributed by atoms with van der Waals surface area (Å²) in [5.74, 6) is 0.395. The molecule has 2 N–H and O–H groups in total. The second kappa shape index (κ2) is 11.5. The van der Waals surface area contributed by atoms with Crippen LogP contribution < -0.4 is 5.32 Å². The first kappa shape index (κ1) is 24.9. The second-order valence-corrected chi connectivity index (χ2v) is 9.95. The third kappa shape index (κ3) is 5.91. The average molecular weight is 487 g/mol. The molecule has 0 aliphatic heterocycles. The fraction of sp³-hybridized carbons (Fsp3) is 0.300. The van der Waals surface area contributed by atoms with Crippen LogP contribution in [-0.4, -0.2) is 21.8 Å². The lowest BCUT2D eigenvalue weighted by Gasteiger charge is -2.14. The van der Waals surface area contributed by atoms with E-state index in [0.717, 1.165) is 42.3 Å². The number of hydrogen-bond acceptors (Lipinski definition) is 3. The van der Waals surface area contributed by atoms with Crippen molar-refractivity contribution in [2.45, 2.75) is 57.0 Å². The Kier molecular flexibility index (Phi) is 8.19. The summed E-state index contributed by atoms with van der Waals surface area (Å²) in [7, 11) is 0. The molecule has 4 aromatic rings. The van der Waals surface area contributed by atoms with E-state index < -0.39 is 0 Å². The minimum absolute atomic E-state index is 0.0226. The van der Waals surface area contributed by atoms with E-state index in [4.69, 9.17) is 0 Å². The molecule has 1 unspecified atom stereocenters. The molecular weight excluding hydrogens is 452 g/mol. The molecule has 1 atom stereocenters. The maximum Gasteiger partial charge on any atom is 0.220 e. The van der Waals surface area contributed by atoms with Gasteiger partial charge in [0.05, 0.1) is 11.7 Å². The van der Waals surface area contributed by atoms with Crippen molar-refractivity contribution >= 4 is 28.6 Å². The molecule has 0 fully saturated rings. The van der Waals surface area contributed by atoms with Crippen molar-refractivity contribution in [1.82, 2.24) is 9.88 Å². The van der Waals surface area contributed by atoms with Crippen LogP contribution >= 0.6 is 11.8 Å². The topological polar surface area (TPSA) is 54.3 Å². The zero-order valence-electron chi connectivity index (χ0n) is 20.8. The Hall–Kier alpha value is -3.18. The van der Waals surface area contributed by atoms with Crippen molar-refractivity contribution in [2.24, 2.45) is 0 Å². The van der Waals surface area contributed by atoms with Crippen molar-refractivity contribution in [3.05, 3.63) is 83.9 Å². The van der Waals surface area contributed by atoms with Crippen LogP contribution in [0.2, 0.25) is 0 Å². The number of carbonyl (C=O) groups excluding carboxylic acids is 1. The number of phenols is 1. The number of amides is 1. The summed E-state index contributed by atoms with van der Waals surface area (Å²) in [4.78, 5) is 13.7. The number of nitrogens with zero attached hydrogens (tertiary/aromatic N) is 1. The molecule has 0 bridgehead atoms. The first-order chi connectivity index (χ1) is 17.0. The molecule has 1 amide bonds. The van der Waals surface area contributed by atoms with Crippen LogP contribution in [0.1, 0.15) is 49.8 Å². The Morgan fingerprint density at radius 2 is 1.74 bits per heavy atom. The van der Waals surface area contributed by atoms with Crippen LogP contribution in [0, 0.1) is 6.92 Å². The third-order valence-electron chi connectivity index (χ3n) is 6.63. The van der Waals surface area contributed by atoms with Crippen molar-refractivity contribution in [3.8, 4) is 17.0 Å². The van der Waals surface area contributed by atoms with Crippen molar-refractivity contribution < 1.29 is 9.90 Å². The van der Waals surface area contributed by atoms with Crippen molar-refractivity contribution in [1.29, 1.82) is 0 Å².